The Hall–Kier alpha value is -5.80. The number of carbonyl (C=O) groups excluding carboxylic acids is 4. The van der Waals surface area contributed by atoms with Crippen molar-refractivity contribution in [3.8, 4) is 0 Å². The van der Waals surface area contributed by atoms with Crippen molar-refractivity contribution in [2.75, 3.05) is 52.4 Å². The van der Waals surface area contributed by atoms with Gasteiger partial charge in [-0.05, 0) is 46.9 Å². The van der Waals surface area contributed by atoms with Gasteiger partial charge in [-0.2, -0.15) is 0 Å². The third-order valence-electron chi connectivity index (χ3n) is 12.7. The summed E-state index contributed by atoms with van der Waals surface area (Å²) in [6.07, 6.45) is -2.82. The highest BCUT2D eigenvalue weighted by atomic mass is 16.3. The van der Waals surface area contributed by atoms with E-state index in [0.29, 0.717) is 52.4 Å². The molecule has 6 rings (SSSR count). The number of urea groups is 2. The van der Waals surface area contributed by atoms with Crippen LogP contribution in [0, 0.1) is 11.8 Å². The van der Waals surface area contributed by atoms with Crippen LogP contribution in [0.2, 0.25) is 0 Å². The van der Waals surface area contributed by atoms with E-state index < -0.39 is 48.2 Å². The Balaban J connectivity index is 1.12. The zero-order valence-electron chi connectivity index (χ0n) is 39.0. The van der Waals surface area contributed by atoms with Crippen molar-refractivity contribution < 1.29 is 29.4 Å². The lowest BCUT2D eigenvalue weighted by molar-refractivity contribution is -0.129. The van der Waals surface area contributed by atoms with Crippen LogP contribution < -0.4 is 21.3 Å². The molecule has 0 radical (unpaired) electrons. The van der Waals surface area contributed by atoms with Gasteiger partial charge < -0.3 is 41.3 Å². The van der Waals surface area contributed by atoms with E-state index in [-0.39, 0.29) is 36.7 Å². The molecule has 2 fully saturated rings. The van der Waals surface area contributed by atoms with Gasteiger partial charge in [0.2, 0.25) is 11.8 Å². The van der Waals surface area contributed by atoms with Gasteiger partial charge in [-0.25, -0.2) is 9.59 Å². The van der Waals surface area contributed by atoms with Gasteiger partial charge in [0.1, 0.15) is 24.3 Å². The highest BCUT2D eigenvalue weighted by molar-refractivity contribution is 5.88. The first-order valence-electron chi connectivity index (χ1n) is 23.5. The zero-order valence-corrected chi connectivity index (χ0v) is 39.0. The van der Waals surface area contributed by atoms with Crippen molar-refractivity contribution in [3.63, 3.8) is 0 Å². The number of hydrogen-bond acceptors (Lipinski definition) is 8. The molecule has 0 bridgehead atoms. The van der Waals surface area contributed by atoms with Gasteiger partial charge in [0.25, 0.3) is 0 Å². The molecule has 2 aliphatic heterocycles. The lowest BCUT2D eigenvalue weighted by atomic mass is 9.90. The zero-order chi connectivity index (χ0) is 47.0. The maximum absolute atomic E-state index is 14.3. The van der Waals surface area contributed by atoms with Crippen molar-refractivity contribution >= 4 is 23.9 Å². The molecule has 66 heavy (non-hydrogen) atoms. The quantitative estimate of drug-likeness (QED) is 0.0812. The van der Waals surface area contributed by atoms with Crippen molar-refractivity contribution in [1.82, 2.24) is 40.9 Å². The normalized spacial score (nSPS) is 17.6. The molecule has 14 heteroatoms. The van der Waals surface area contributed by atoms with Gasteiger partial charge in [0, 0.05) is 65.4 Å². The Bertz CT molecular complexity index is 1950. The minimum absolute atomic E-state index is 0.155. The van der Waals surface area contributed by atoms with Crippen LogP contribution in [0.5, 0.6) is 0 Å². The topological polar surface area (TPSA) is 170 Å². The van der Waals surface area contributed by atoms with Gasteiger partial charge >= 0.3 is 12.1 Å². The van der Waals surface area contributed by atoms with Gasteiger partial charge in [-0.1, -0.05) is 149 Å². The molecule has 2 saturated heterocycles. The monoisotopic (exact) mass is 903 g/mol. The second-order valence-corrected chi connectivity index (χ2v) is 18.4. The molecule has 4 aromatic carbocycles. The van der Waals surface area contributed by atoms with E-state index in [4.69, 9.17) is 0 Å². The molecule has 0 saturated carbocycles. The Morgan fingerprint density at radius 1 is 0.439 bits per heavy atom. The number of benzene rings is 4. The van der Waals surface area contributed by atoms with Crippen LogP contribution in [0.1, 0.15) is 49.9 Å². The Morgan fingerprint density at radius 3 is 1.02 bits per heavy atom. The molecule has 6 atom stereocenters. The number of nitrogens with zero attached hydrogens (tertiary/aromatic N) is 4. The van der Waals surface area contributed by atoms with E-state index in [1.165, 1.54) is 11.1 Å². The summed E-state index contributed by atoms with van der Waals surface area (Å²) in [5.41, 5.74) is 4.03. The number of rotatable bonds is 19. The molecule has 6 amide bonds. The van der Waals surface area contributed by atoms with Crippen LogP contribution in [0.25, 0.3) is 0 Å². The van der Waals surface area contributed by atoms with Crippen LogP contribution in [0.3, 0.4) is 0 Å². The molecule has 2 aliphatic rings. The molecule has 0 aromatic heterocycles. The lowest BCUT2D eigenvalue weighted by Crippen LogP contribution is -2.63. The smallest absolute Gasteiger partial charge is 0.318 e. The molecule has 354 valence electrons. The van der Waals surface area contributed by atoms with E-state index in [1.54, 1.807) is 9.80 Å². The van der Waals surface area contributed by atoms with Crippen LogP contribution in [0.15, 0.2) is 121 Å². The van der Waals surface area contributed by atoms with Gasteiger partial charge in [-0.3, -0.25) is 19.4 Å². The first-order chi connectivity index (χ1) is 31.8. The largest absolute Gasteiger partial charge is 0.388 e. The maximum Gasteiger partial charge on any atom is 0.318 e. The molecular weight excluding hydrogens is 833 g/mol. The average molecular weight is 903 g/mol. The minimum atomic E-state index is -1.57. The Kier molecular flexibility index (Phi) is 18.5. The predicted molar refractivity (Wildman–Crippen MR) is 257 cm³/mol. The molecular formula is C52H70N8O6. The molecule has 4 aromatic rings. The predicted octanol–water partition coefficient (Wildman–Crippen LogP) is 4.27. The van der Waals surface area contributed by atoms with Crippen molar-refractivity contribution in [2.24, 2.45) is 11.8 Å². The fourth-order valence-corrected chi connectivity index (χ4v) is 8.69. The van der Waals surface area contributed by atoms with E-state index in [1.807, 2.05) is 125 Å². The number of piperazine rings is 2. The second kappa shape index (κ2) is 24.6. The fourth-order valence-electron chi connectivity index (χ4n) is 8.69. The SMILES string of the molecule is CC(C)[C@H](NC(=O)N1CCN(Cc2ccccc2)CC1)C(=O)N[C@@H](Cc1ccccc1)[C@H](O)[C@H](O)[C@H](Cc1ccccc1)NC(=O)[C@H](NC(=O)N1CCN(Cc2ccccc2)CC1)C(C)C. The molecule has 0 aliphatic carbocycles. The number of amides is 6. The highest BCUT2D eigenvalue weighted by Crippen LogP contribution is 2.18. The van der Waals surface area contributed by atoms with Crippen molar-refractivity contribution in [3.05, 3.63) is 144 Å². The molecule has 14 nitrogen and oxygen atoms in total. The molecule has 0 unspecified atom stereocenters. The summed E-state index contributed by atoms with van der Waals surface area (Å²) in [6.45, 7) is 13.8. The first-order valence-corrected chi connectivity index (χ1v) is 23.5. The van der Waals surface area contributed by atoms with E-state index in [2.05, 4.69) is 55.3 Å². The third-order valence-corrected chi connectivity index (χ3v) is 12.7. The van der Waals surface area contributed by atoms with Gasteiger partial charge in [0.05, 0.1) is 12.1 Å². The summed E-state index contributed by atoms with van der Waals surface area (Å²) in [7, 11) is 0. The number of nitrogens with one attached hydrogen (secondary N) is 4. The molecule has 0 spiro atoms. The fraction of sp³-hybridized carbons (Fsp3) is 0.462. The van der Waals surface area contributed by atoms with Gasteiger partial charge in [0.15, 0.2) is 0 Å². The van der Waals surface area contributed by atoms with E-state index >= 15 is 0 Å². The van der Waals surface area contributed by atoms with Crippen LogP contribution in [0.4, 0.5) is 9.59 Å². The number of aliphatic hydroxyl groups excluding tert-OH is 2. The highest BCUT2D eigenvalue weighted by Gasteiger charge is 2.38. The summed E-state index contributed by atoms with van der Waals surface area (Å²) in [5.74, 6) is -1.61. The summed E-state index contributed by atoms with van der Waals surface area (Å²) in [6, 6.07) is 34.5. The molecule has 2 heterocycles. The van der Waals surface area contributed by atoms with Crippen molar-refractivity contribution in [1.29, 1.82) is 0 Å². The van der Waals surface area contributed by atoms with E-state index in [0.717, 1.165) is 24.2 Å². The summed E-state index contributed by atoms with van der Waals surface area (Å²) >= 11 is 0. The number of aliphatic hydroxyl groups is 2. The summed E-state index contributed by atoms with van der Waals surface area (Å²) < 4.78 is 0. The molecule has 6 N–H and O–H groups in total. The van der Waals surface area contributed by atoms with Crippen molar-refractivity contribution in [2.45, 2.75) is 90.0 Å². The average Bonchev–Trinajstić information content (AvgIpc) is 3.33. The van der Waals surface area contributed by atoms with Crippen LogP contribution >= 0.6 is 0 Å². The number of hydrogen-bond donors (Lipinski definition) is 6. The van der Waals surface area contributed by atoms with Crippen LogP contribution in [-0.2, 0) is 35.5 Å². The Morgan fingerprint density at radius 2 is 0.727 bits per heavy atom. The summed E-state index contributed by atoms with van der Waals surface area (Å²) in [4.78, 5) is 63.9. The minimum Gasteiger partial charge on any atom is -0.388 e. The summed E-state index contributed by atoms with van der Waals surface area (Å²) in [5, 5.41) is 36.2. The standard InChI is InChI=1S/C52H70N8O6/c1-37(2)45(55-51(65)59-29-25-57(26-30-59)35-41-21-13-7-14-22-41)49(63)53-43(33-39-17-9-5-10-18-39)47(61)48(62)44(34-40-19-11-6-12-20-40)54-50(64)46(38(3)4)56-52(66)60-31-27-58(28-32-60)36-42-23-15-8-16-24-42/h5-24,37-38,43-48,61-62H,25-36H2,1-4H3,(H,53,63)(H,54,64)(H,55,65)(H,56,66)/t43-,44-,45-,46+,47-,48+/m0/s1. The van der Waals surface area contributed by atoms with E-state index in [9.17, 15) is 29.4 Å². The second-order valence-electron chi connectivity index (χ2n) is 18.4. The third kappa shape index (κ3) is 14.6. The first kappa shape index (κ1) is 49.6. The lowest BCUT2D eigenvalue weighted by Gasteiger charge is -2.37. The van der Waals surface area contributed by atoms with Gasteiger partial charge in [-0.15, -0.1) is 0 Å². The maximum atomic E-state index is 14.3. The Labute approximate surface area is 390 Å². The van der Waals surface area contributed by atoms with Crippen LogP contribution in [-0.4, -0.2) is 142 Å². The number of carbonyl (C=O) groups is 4.